The van der Waals surface area contributed by atoms with Crippen LogP contribution in [0.1, 0.15) is 32.1 Å². The minimum absolute atomic E-state index is 0.00267. The van der Waals surface area contributed by atoms with Crippen LogP contribution in [0.25, 0.3) is 16.1 Å². The van der Waals surface area contributed by atoms with Gasteiger partial charge in [0, 0.05) is 29.4 Å². The minimum Gasteiger partial charge on any atom is -0.349 e. The number of aromatic nitrogens is 2. The lowest BCUT2D eigenvalue weighted by Crippen LogP contribution is -2.44. The van der Waals surface area contributed by atoms with Crippen molar-refractivity contribution in [3.63, 3.8) is 0 Å². The van der Waals surface area contributed by atoms with Gasteiger partial charge < -0.3 is 10.2 Å². The molecule has 0 unspecified atom stereocenters. The van der Waals surface area contributed by atoms with Gasteiger partial charge >= 0.3 is 0 Å². The number of rotatable bonds is 5. The Bertz CT molecular complexity index is 1340. The summed E-state index contributed by atoms with van der Waals surface area (Å²) in [6.45, 7) is 4.30. The number of hydrogen-bond donors (Lipinski definition) is 1. The highest BCUT2D eigenvalue weighted by atomic mass is 32.2. The molecule has 0 saturated carbocycles. The van der Waals surface area contributed by atoms with E-state index in [0.717, 1.165) is 27.4 Å². The van der Waals surface area contributed by atoms with Crippen LogP contribution in [0.3, 0.4) is 0 Å². The third-order valence-electron chi connectivity index (χ3n) is 5.88. The maximum atomic E-state index is 13.6. The fourth-order valence-corrected chi connectivity index (χ4v) is 6.19. The van der Waals surface area contributed by atoms with Gasteiger partial charge in [0.25, 0.3) is 11.8 Å². The predicted molar refractivity (Wildman–Crippen MR) is 134 cm³/mol. The molecule has 0 spiro atoms. The molecule has 5 rings (SSSR count). The lowest BCUT2D eigenvalue weighted by atomic mass is 9.97. The number of fused-ring (bicyclic) bond motifs is 1. The smallest absolute Gasteiger partial charge is 0.270 e. The van der Waals surface area contributed by atoms with Crippen LogP contribution < -0.4 is 5.32 Å². The van der Waals surface area contributed by atoms with E-state index in [0.29, 0.717) is 29.4 Å². The number of carbonyl (C=O) groups is 2. The van der Waals surface area contributed by atoms with E-state index >= 15 is 0 Å². The number of hydrogen-bond acceptors (Lipinski definition) is 5. The van der Waals surface area contributed by atoms with Gasteiger partial charge in [-0.05, 0) is 31.0 Å². The van der Waals surface area contributed by atoms with Crippen molar-refractivity contribution >= 4 is 39.9 Å². The van der Waals surface area contributed by atoms with Gasteiger partial charge in [0.1, 0.15) is 5.69 Å². The number of benzene rings is 2. The summed E-state index contributed by atoms with van der Waals surface area (Å²) in [4.78, 5) is 33.7. The van der Waals surface area contributed by atoms with E-state index in [2.05, 4.69) is 29.4 Å². The number of nitrogens with zero attached hydrogens (tertiary/aromatic N) is 3. The molecule has 2 amide bonds. The molecule has 8 heteroatoms. The zero-order valence-corrected chi connectivity index (χ0v) is 20.1. The number of thioether (sulfide) groups is 1. The third-order valence-corrected chi connectivity index (χ3v) is 7.72. The van der Waals surface area contributed by atoms with Crippen LogP contribution >= 0.6 is 23.1 Å². The van der Waals surface area contributed by atoms with Crippen molar-refractivity contribution in [1.82, 2.24) is 19.6 Å². The summed E-state index contributed by atoms with van der Waals surface area (Å²) in [6.07, 6.45) is 1.86. The first-order chi connectivity index (χ1) is 16.0. The van der Waals surface area contributed by atoms with Crippen LogP contribution in [-0.2, 0) is 0 Å². The van der Waals surface area contributed by atoms with Crippen molar-refractivity contribution in [3.8, 4) is 11.1 Å². The molecular formula is C25H24N4O2S2. The topological polar surface area (TPSA) is 66.7 Å². The number of amides is 2. The van der Waals surface area contributed by atoms with Crippen molar-refractivity contribution in [2.24, 2.45) is 0 Å². The zero-order valence-electron chi connectivity index (χ0n) is 18.4. The van der Waals surface area contributed by atoms with E-state index in [9.17, 15) is 9.59 Å². The van der Waals surface area contributed by atoms with Crippen LogP contribution in [0.5, 0.6) is 0 Å². The quantitative estimate of drug-likeness (QED) is 0.456. The molecule has 1 saturated heterocycles. The Labute approximate surface area is 200 Å². The van der Waals surface area contributed by atoms with Crippen LogP contribution in [-0.4, -0.2) is 50.3 Å². The number of nitrogens with one attached hydrogen (secondary N) is 1. The lowest BCUT2D eigenvalue weighted by Gasteiger charge is -2.25. The van der Waals surface area contributed by atoms with Crippen LogP contribution in [0.2, 0.25) is 0 Å². The molecule has 3 heterocycles. The first-order valence-corrected chi connectivity index (χ1v) is 12.8. The molecule has 1 aliphatic rings. The van der Waals surface area contributed by atoms with E-state index in [1.54, 1.807) is 11.8 Å². The molecule has 0 radical (unpaired) electrons. The summed E-state index contributed by atoms with van der Waals surface area (Å²) in [5.74, 6) is 1.24. The predicted octanol–water partition coefficient (Wildman–Crippen LogP) is 4.62. The largest absolute Gasteiger partial charge is 0.349 e. The summed E-state index contributed by atoms with van der Waals surface area (Å²) >= 11 is 3.21. The molecule has 0 bridgehead atoms. The Morgan fingerprint density at radius 3 is 2.85 bits per heavy atom. The summed E-state index contributed by atoms with van der Waals surface area (Å²) in [5, 5.41) is 4.95. The van der Waals surface area contributed by atoms with E-state index < -0.39 is 0 Å². The molecule has 0 aliphatic carbocycles. The highest BCUT2D eigenvalue weighted by Gasteiger charge is 2.32. The van der Waals surface area contributed by atoms with Crippen molar-refractivity contribution < 1.29 is 9.59 Å². The van der Waals surface area contributed by atoms with Gasteiger partial charge in [-0.1, -0.05) is 48.0 Å². The Morgan fingerprint density at radius 2 is 2.00 bits per heavy atom. The fourth-order valence-electron chi connectivity index (χ4n) is 4.23. The van der Waals surface area contributed by atoms with Gasteiger partial charge in [0.05, 0.1) is 17.6 Å². The van der Waals surface area contributed by atoms with Gasteiger partial charge in [0.15, 0.2) is 4.96 Å². The van der Waals surface area contributed by atoms with Gasteiger partial charge in [0.2, 0.25) is 0 Å². The molecule has 6 nitrogen and oxygen atoms in total. The molecule has 4 aromatic rings. The van der Waals surface area contributed by atoms with E-state index in [4.69, 9.17) is 0 Å². The number of aryl methyl sites for hydroxylation is 2. The minimum atomic E-state index is -0.164. The standard InChI is InChI=1S/C25H24N4O2S2/c1-16-6-5-7-18(12-16)20-8-3-4-9-21(20)24(31)29-15-32-14-19(29)13-26-23(30)22-17(2)27-25-28(22)10-11-33-25/h3-12,19H,13-15H2,1-2H3,(H,26,30)/t19-/m1/s1. The number of carbonyl (C=O) groups excluding carboxylic acids is 2. The summed E-state index contributed by atoms with van der Waals surface area (Å²) in [6, 6.07) is 15.9. The normalized spacial score (nSPS) is 15.8. The highest BCUT2D eigenvalue weighted by Crippen LogP contribution is 2.29. The fraction of sp³-hybridized carbons (Fsp3) is 0.240. The monoisotopic (exact) mass is 476 g/mol. The maximum absolute atomic E-state index is 13.6. The number of imidazole rings is 1. The summed E-state index contributed by atoms with van der Waals surface area (Å²) in [5.41, 5.74) is 5.07. The summed E-state index contributed by atoms with van der Waals surface area (Å²) < 4.78 is 1.82. The average Bonchev–Trinajstić information content (AvgIpc) is 3.53. The Balaban J connectivity index is 1.34. The third kappa shape index (κ3) is 4.16. The molecule has 1 N–H and O–H groups in total. The maximum Gasteiger partial charge on any atom is 0.270 e. The van der Waals surface area contributed by atoms with Gasteiger partial charge in [-0.2, -0.15) is 0 Å². The van der Waals surface area contributed by atoms with Crippen LogP contribution in [0.4, 0.5) is 0 Å². The first kappa shape index (κ1) is 21.7. The van der Waals surface area contributed by atoms with E-state index in [-0.39, 0.29) is 17.9 Å². The van der Waals surface area contributed by atoms with Crippen molar-refractivity contribution in [2.75, 3.05) is 18.2 Å². The Morgan fingerprint density at radius 1 is 1.15 bits per heavy atom. The van der Waals surface area contributed by atoms with Gasteiger partial charge in [-0.15, -0.1) is 23.1 Å². The molecule has 2 aromatic heterocycles. The second-order valence-electron chi connectivity index (χ2n) is 8.16. The number of thiazole rings is 1. The Hall–Kier alpha value is -3.10. The molecule has 33 heavy (non-hydrogen) atoms. The molecule has 1 fully saturated rings. The highest BCUT2D eigenvalue weighted by molar-refractivity contribution is 7.99. The lowest BCUT2D eigenvalue weighted by molar-refractivity contribution is 0.0736. The van der Waals surface area contributed by atoms with Crippen molar-refractivity contribution in [1.29, 1.82) is 0 Å². The van der Waals surface area contributed by atoms with Crippen LogP contribution in [0, 0.1) is 13.8 Å². The molecule has 168 valence electrons. The van der Waals surface area contributed by atoms with E-state index in [1.807, 2.05) is 64.2 Å². The Kier molecular flexibility index (Phi) is 5.95. The second-order valence-corrected chi connectivity index (χ2v) is 10.0. The zero-order chi connectivity index (χ0) is 22.9. The van der Waals surface area contributed by atoms with Crippen molar-refractivity contribution in [2.45, 2.75) is 19.9 Å². The summed E-state index contributed by atoms with van der Waals surface area (Å²) in [7, 11) is 0. The molecule has 1 aliphatic heterocycles. The van der Waals surface area contributed by atoms with Crippen molar-refractivity contribution in [3.05, 3.63) is 82.6 Å². The molecule has 2 aromatic carbocycles. The SMILES string of the molecule is Cc1cccc(-c2ccccc2C(=O)N2CSC[C@H]2CNC(=O)c2c(C)nc3sccn23)c1. The molecular weight excluding hydrogens is 452 g/mol. The second kappa shape index (κ2) is 9.03. The van der Waals surface area contributed by atoms with Gasteiger partial charge in [-0.3, -0.25) is 14.0 Å². The first-order valence-electron chi connectivity index (χ1n) is 10.8. The molecule has 1 atom stereocenters. The average molecular weight is 477 g/mol. The van der Waals surface area contributed by atoms with Crippen LogP contribution in [0.15, 0.2) is 60.1 Å². The van der Waals surface area contributed by atoms with E-state index in [1.165, 1.54) is 11.3 Å². The van der Waals surface area contributed by atoms with Gasteiger partial charge in [-0.25, -0.2) is 4.98 Å².